The number of aldehydes is 1. The Balaban J connectivity index is 2.88. The van der Waals surface area contributed by atoms with Gasteiger partial charge < -0.3 is 9.51 Å². The number of fused-ring (bicyclic) bond motifs is 1. The molecule has 0 unspecified atom stereocenters. The van der Waals surface area contributed by atoms with Gasteiger partial charge in [0.25, 0.3) is 0 Å². The lowest BCUT2D eigenvalue weighted by Crippen LogP contribution is -1.88. The molecule has 0 radical (unpaired) electrons. The highest BCUT2D eigenvalue weighted by Crippen LogP contribution is 2.19. The molecule has 2 aromatic rings. The second-order valence-corrected chi connectivity index (χ2v) is 2.52. The number of carbonyl (C=O) groups is 1. The molecule has 2 heterocycles. The third-order valence-corrected chi connectivity index (χ3v) is 1.82. The summed E-state index contributed by atoms with van der Waals surface area (Å²) in [5, 5.41) is 9.34. The van der Waals surface area contributed by atoms with E-state index in [2.05, 4.69) is 0 Å². The maximum Gasteiger partial charge on any atom is 0.166 e. The number of nitrogens with zero attached hydrogens (tertiary/aromatic N) is 1. The Kier molecular flexibility index (Phi) is 1.37. The van der Waals surface area contributed by atoms with Crippen molar-refractivity contribution >= 4 is 11.8 Å². The monoisotopic (exact) mass is 161 g/mol. The van der Waals surface area contributed by atoms with E-state index in [0.717, 1.165) is 6.29 Å². The van der Waals surface area contributed by atoms with E-state index in [1.807, 2.05) is 0 Å². The van der Waals surface area contributed by atoms with Crippen LogP contribution in [0.4, 0.5) is 0 Å². The maximum atomic E-state index is 10.5. The van der Waals surface area contributed by atoms with Crippen molar-refractivity contribution in [3.63, 3.8) is 0 Å². The van der Waals surface area contributed by atoms with Crippen molar-refractivity contribution in [1.29, 1.82) is 0 Å². The van der Waals surface area contributed by atoms with Gasteiger partial charge in [0.1, 0.15) is 5.75 Å². The van der Waals surface area contributed by atoms with Gasteiger partial charge in [-0.15, -0.1) is 0 Å². The lowest BCUT2D eigenvalue weighted by Gasteiger charge is -1.97. The average Bonchev–Trinajstić information content (AvgIpc) is 2.49. The highest BCUT2D eigenvalue weighted by atomic mass is 16.3. The first-order valence-corrected chi connectivity index (χ1v) is 3.57. The van der Waals surface area contributed by atoms with Crippen LogP contribution < -0.4 is 0 Å². The summed E-state index contributed by atoms with van der Waals surface area (Å²) in [6.45, 7) is 0. The number of aromatic hydroxyl groups is 1. The van der Waals surface area contributed by atoms with Crippen LogP contribution in [0.3, 0.4) is 0 Å². The molecule has 0 saturated heterocycles. The van der Waals surface area contributed by atoms with Gasteiger partial charge in [0.2, 0.25) is 0 Å². The first-order valence-electron chi connectivity index (χ1n) is 3.57. The average molecular weight is 161 g/mol. The van der Waals surface area contributed by atoms with Crippen molar-refractivity contribution in [3.8, 4) is 5.75 Å². The molecular weight excluding hydrogens is 154 g/mol. The van der Waals surface area contributed by atoms with Crippen LogP contribution in [0.25, 0.3) is 5.52 Å². The summed E-state index contributed by atoms with van der Waals surface area (Å²) in [6.07, 6.45) is 2.49. The summed E-state index contributed by atoms with van der Waals surface area (Å²) in [5.74, 6) is 0.186. The molecule has 2 rings (SSSR count). The summed E-state index contributed by atoms with van der Waals surface area (Å²) in [6, 6.07) is 6.65. The molecule has 0 aliphatic rings. The summed E-state index contributed by atoms with van der Waals surface area (Å²) < 4.78 is 1.64. The molecule has 0 saturated carbocycles. The Hall–Kier alpha value is -1.77. The van der Waals surface area contributed by atoms with Crippen molar-refractivity contribution in [2.75, 3.05) is 0 Å². The number of pyridine rings is 1. The molecule has 2 aromatic heterocycles. The molecule has 0 atom stereocenters. The molecular formula is C9H7NO2. The second kappa shape index (κ2) is 2.37. The Labute approximate surface area is 68.9 Å². The first-order chi connectivity index (χ1) is 5.83. The van der Waals surface area contributed by atoms with Gasteiger partial charge in [-0.1, -0.05) is 0 Å². The van der Waals surface area contributed by atoms with Crippen LogP contribution in [0, 0.1) is 0 Å². The van der Waals surface area contributed by atoms with Crippen LogP contribution in [0.5, 0.6) is 5.75 Å². The topological polar surface area (TPSA) is 41.7 Å². The molecule has 12 heavy (non-hydrogen) atoms. The fourth-order valence-electron chi connectivity index (χ4n) is 1.24. The summed E-state index contributed by atoms with van der Waals surface area (Å²) in [7, 11) is 0. The van der Waals surface area contributed by atoms with Crippen LogP contribution in [-0.4, -0.2) is 15.8 Å². The smallest absolute Gasteiger partial charge is 0.166 e. The second-order valence-electron chi connectivity index (χ2n) is 2.52. The standard InChI is InChI=1S/C9H7NO2/c11-6-7-3-4-8-9(12)2-1-5-10(7)8/h1-6,12H. The number of carbonyl (C=O) groups excluding carboxylic acids is 1. The van der Waals surface area contributed by atoms with Crippen LogP contribution in [0.15, 0.2) is 30.5 Å². The summed E-state index contributed by atoms with van der Waals surface area (Å²) in [5.41, 5.74) is 1.19. The number of rotatable bonds is 1. The van der Waals surface area contributed by atoms with Crippen molar-refractivity contribution < 1.29 is 9.90 Å². The maximum absolute atomic E-state index is 10.5. The number of hydrogen-bond donors (Lipinski definition) is 1. The molecule has 0 aliphatic carbocycles. The van der Waals surface area contributed by atoms with Gasteiger partial charge in [0, 0.05) is 6.20 Å². The lowest BCUT2D eigenvalue weighted by molar-refractivity contribution is 0.111. The third kappa shape index (κ3) is 0.797. The highest BCUT2D eigenvalue weighted by molar-refractivity contribution is 5.77. The molecule has 0 bridgehead atoms. The van der Waals surface area contributed by atoms with Crippen molar-refractivity contribution in [2.24, 2.45) is 0 Å². The van der Waals surface area contributed by atoms with Crippen molar-refractivity contribution in [3.05, 3.63) is 36.2 Å². The molecule has 3 nitrogen and oxygen atoms in total. The zero-order valence-corrected chi connectivity index (χ0v) is 6.27. The zero-order valence-electron chi connectivity index (χ0n) is 6.27. The molecule has 0 aromatic carbocycles. The Morgan fingerprint density at radius 3 is 2.92 bits per heavy atom. The SMILES string of the molecule is O=Cc1ccc2c(O)cccn12. The quantitative estimate of drug-likeness (QED) is 0.643. The van der Waals surface area contributed by atoms with E-state index in [-0.39, 0.29) is 5.75 Å². The third-order valence-electron chi connectivity index (χ3n) is 1.82. The van der Waals surface area contributed by atoms with E-state index in [0.29, 0.717) is 11.2 Å². The van der Waals surface area contributed by atoms with E-state index < -0.39 is 0 Å². The van der Waals surface area contributed by atoms with Crippen LogP contribution in [-0.2, 0) is 0 Å². The van der Waals surface area contributed by atoms with E-state index in [9.17, 15) is 9.90 Å². The lowest BCUT2D eigenvalue weighted by atomic mass is 10.4. The van der Waals surface area contributed by atoms with Crippen molar-refractivity contribution in [1.82, 2.24) is 4.40 Å². The molecule has 1 N–H and O–H groups in total. The number of hydrogen-bond acceptors (Lipinski definition) is 2. The Bertz CT molecular complexity index is 431. The fourth-order valence-corrected chi connectivity index (χ4v) is 1.24. The number of aromatic nitrogens is 1. The normalized spacial score (nSPS) is 10.3. The fraction of sp³-hybridized carbons (Fsp3) is 0. The molecule has 3 heteroatoms. The van der Waals surface area contributed by atoms with E-state index in [1.54, 1.807) is 34.9 Å². The van der Waals surface area contributed by atoms with Crippen LogP contribution in [0.2, 0.25) is 0 Å². The first kappa shape index (κ1) is 6.91. The van der Waals surface area contributed by atoms with E-state index >= 15 is 0 Å². The van der Waals surface area contributed by atoms with Crippen LogP contribution >= 0.6 is 0 Å². The minimum atomic E-state index is 0.186. The van der Waals surface area contributed by atoms with Gasteiger partial charge >= 0.3 is 0 Å². The van der Waals surface area contributed by atoms with Crippen LogP contribution in [0.1, 0.15) is 10.5 Å². The van der Waals surface area contributed by atoms with Gasteiger partial charge in [0.05, 0.1) is 11.2 Å². The minimum Gasteiger partial charge on any atom is -0.506 e. The summed E-state index contributed by atoms with van der Waals surface area (Å²) in [4.78, 5) is 10.5. The van der Waals surface area contributed by atoms with Gasteiger partial charge in [-0.3, -0.25) is 4.79 Å². The van der Waals surface area contributed by atoms with E-state index in [1.165, 1.54) is 0 Å². The molecule has 0 fully saturated rings. The van der Waals surface area contributed by atoms with Gasteiger partial charge in [-0.25, -0.2) is 0 Å². The van der Waals surface area contributed by atoms with E-state index in [4.69, 9.17) is 0 Å². The Morgan fingerprint density at radius 1 is 1.33 bits per heavy atom. The molecule has 0 aliphatic heterocycles. The predicted octanol–water partition coefficient (Wildman–Crippen LogP) is 1.46. The highest BCUT2D eigenvalue weighted by Gasteiger charge is 2.02. The van der Waals surface area contributed by atoms with Gasteiger partial charge in [-0.05, 0) is 24.3 Å². The molecule has 0 spiro atoms. The largest absolute Gasteiger partial charge is 0.506 e. The minimum absolute atomic E-state index is 0.186. The predicted molar refractivity (Wildman–Crippen MR) is 44.4 cm³/mol. The van der Waals surface area contributed by atoms with Gasteiger partial charge in [-0.2, -0.15) is 0 Å². The molecule has 60 valence electrons. The zero-order chi connectivity index (χ0) is 8.55. The summed E-state index contributed by atoms with van der Waals surface area (Å²) >= 11 is 0. The Morgan fingerprint density at radius 2 is 2.17 bits per heavy atom. The van der Waals surface area contributed by atoms with Gasteiger partial charge in [0.15, 0.2) is 6.29 Å². The van der Waals surface area contributed by atoms with Crippen molar-refractivity contribution in [2.45, 2.75) is 0 Å². The molecule has 0 amide bonds.